The monoisotopic (exact) mass is 438 g/mol. The van der Waals surface area contributed by atoms with E-state index in [9.17, 15) is 14.0 Å². The Hall–Kier alpha value is -2.69. The van der Waals surface area contributed by atoms with E-state index >= 15 is 0 Å². The fourth-order valence-electron chi connectivity index (χ4n) is 4.41. The fraction of sp³-hybridized carbons (Fsp3) is 0.481. The molecule has 32 heavy (non-hydrogen) atoms. The molecule has 1 saturated carbocycles. The Kier molecular flexibility index (Phi) is 8.83. The Morgan fingerprint density at radius 3 is 2.16 bits per heavy atom. The van der Waals surface area contributed by atoms with Crippen LogP contribution in [0.4, 0.5) is 4.39 Å². The highest BCUT2D eigenvalue weighted by Crippen LogP contribution is 2.20. The van der Waals surface area contributed by atoms with Gasteiger partial charge in [0.15, 0.2) is 0 Å². The predicted octanol–water partition coefficient (Wildman–Crippen LogP) is 5.19. The third kappa shape index (κ3) is 6.65. The zero-order valence-electron chi connectivity index (χ0n) is 19.3. The number of carbonyl (C=O) groups is 2. The van der Waals surface area contributed by atoms with Crippen molar-refractivity contribution in [3.05, 3.63) is 71.0 Å². The van der Waals surface area contributed by atoms with E-state index < -0.39 is 6.04 Å². The number of halogens is 1. The van der Waals surface area contributed by atoms with E-state index in [4.69, 9.17) is 0 Å². The zero-order chi connectivity index (χ0) is 22.9. The molecule has 0 unspecified atom stereocenters. The number of rotatable bonds is 10. The molecule has 1 aliphatic rings. The lowest BCUT2D eigenvalue weighted by atomic mass is 10.0. The van der Waals surface area contributed by atoms with Gasteiger partial charge in [0, 0.05) is 19.0 Å². The van der Waals surface area contributed by atoms with Crippen molar-refractivity contribution in [1.29, 1.82) is 0 Å². The Labute approximate surface area is 191 Å². The van der Waals surface area contributed by atoms with Gasteiger partial charge in [-0.15, -0.1) is 0 Å². The van der Waals surface area contributed by atoms with Gasteiger partial charge in [0.05, 0.1) is 0 Å². The largest absolute Gasteiger partial charge is 0.352 e. The highest BCUT2D eigenvalue weighted by Gasteiger charge is 2.30. The molecule has 1 atom stereocenters. The summed E-state index contributed by atoms with van der Waals surface area (Å²) in [5.74, 6) is -0.447. The van der Waals surface area contributed by atoms with Gasteiger partial charge in [-0.3, -0.25) is 9.59 Å². The Morgan fingerprint density at radius 1 is 0.969 bits per heavy atom. The summed E-state index contributed by atoms with van der Waals surface area (Å²) in [7, 11) is 0. The van der Waals surface area contributed by atoms with Crippen LogP contribution in [-0.4, -0.2) is 28.8 Å². The van der Waals surface area contributed by atoms with E-state index in [1.54, 1.807) is 17.0 Å². The average Bonchev–Trinajstić information content (AvgIpc) is 3.32. The van der Waals surface area contributed by atoms with Crippen LogP contribution in [0, 0.1) is 5.82 Å². The van der Waals surface area contributed by atoms with Crippen LogP contribution in [0.5, 0.6) is 0 Å². The molecular weight excluding hydrogens is 403 g/mol. The van der Waals surface area contributed by atoms with Crippen LogP contribution >= 0.6 is 0 Å². The first-order valence-electron chi connectivity index (χ1n) is 11.9. The number of carbonyl (C=O) groups excluding carboxylic acids is 2. The van der Waals surface area contributed by atoms with Gasteiger partial charge in [0.2, 0.25) is 11.8 Å². The molecule has 172 valence electrons. The number of aryl methyl sites for hydroxylation is 2. The molecule has 1 fully saturated rings. The van der Waals surface area contributed by atoms with Gasteiger partial charge in [0.25, 0.3) is 0 Å². The number of nitrogens with zero attached hydrogens (tertiary/aromatic N) is 1. The smallest absolute Gasteiger partial charge is 0.243 e. The van der Waals surface area contributed by atoms with Gasteiger partial charge in [-0.25, -0.2) is 4.39 Å². The SMILES string of the molecule is CCc1ccc(CCC(=O)N(Cc2ccc(F)cc2)[C@H](CC)C(=O)NC2CCCC2)cc1. The second kappa shape index (κ2) is 11.8. The molecule has 3 rings (SSSR count). The first kappa shape index (κ1) is 24.0. The van der Waals surface area contributed by atoms with Crippen molar-refractivity contribution in [2.75, 3.05) is 0 Å². The molecule has 0 spiro atoms. The van der Waals surface area contributed by atoms with Crippen molar-refractivity contribution < 1.29 is 14.0 Å². The molecule has 2 aromatic rings. The van der Waals surface area contributed by atoms with Crippen LogP contribution in [-0.2, 0) is 29.0 Å². The maximum Gasteiger partial charge on any atom is 0.243 e. The van der Waals surface area contributed by atoms with Gasteiger partial charge in [-0.1, -0.05) is 63.1 Å². The topological polar surface area (TPSA) is 49.4 Å². The summed E-state index contributed by atoms with van der Waals surface area (Å²) in [5, 5.41) is 3.15. The van der Waals surface area contributed by atoms with Crippen LogP contribution in [0.25, 0.3) is 0 Å². The van der Waals surface area contributed by atoms with E-state index in [-0.39, 0.29) is 23.7 Å². The van der Waals surface area contributed by atoms with E-state index in [2.05, 4.69) is 36.5 Å². The van der Waals surface area contributed by atoms with E-state index in [0.717, 1.165) is 43.2 Å². The van der Waals surface area contributed by atoms with Crippen molar-refractivity contribution in [1.82, 2.24) is 10.2 Å². The van der Waals surface area contributed by atoms with Crippen molar-refractivity contribution in [2.45, 2.75) is 83.8 Å². The Balaban J connectivity index is 1.73. The molecular formula is C27H35FN2O2. The quantitative estimate of drug-likeness (QED) is 0.555. The van der Waals surface area contributed by atoms with Crippen LogP contribution in [0.1, 0.15) is 69.1 Å². The molecule has 0 aromatic heterocycles. The fourth-order valence-corrected chi connectivity index (χ4v) is 4.41. The maximum absolute atomic E-state index is 13.4. The highest BCUT2D eigenvalue weighted by atomic mass is 19.1. The molecule has 0 heterocycles. The summed E-state index contributed by atoms with van der Waals surface area (Å²) in [6.45, 7) is 4.35. The number of amides is 2. The van der Waals surface area contributed by atoms with Gasteiger partial charge < -0.3 is 10.2 Å². The van der Waals surface area contributed by atoms with Crippen LogP contribution in [0.2, 0.25) is 0 Å². The minimum atomic E-state index is -0.532. The lowest BCUT2D eigenvalue weighted by Crippen LogP contribution is -2.51. The van der Waals surface area contributed by atoms with Gasteiger partial charge >= 0.3 is 0 Å². The molecule has 0 aliphatic heterocycles. The summed E-state index contributed by atoms with van der Waals surface area (Å²) in [4.78, 5) is 28.1. The second-order valence-corrected chi connectivity index (χ2v) is 8.73. The third-order valence-electron chi connectivity index (χ3n) is 6.41. The van der Waals surface area contributed by atoms with Crippen molar-refractivity contribution >= 4 is 11.8 Å². The summed E-state index contributed by atoms with van der Waals surface area (Å²) in [6, 6.07) is 14.2. The molecule has 5 heteroatoms. The first-order chi connectivity index (χ1) is 15.5. The highest BCUT2D eigenvalue weighted by molar-refractivity contribution is 5.88. The summed E-state index contributed by atoms with van der Waals surface area (Å²) in [5.41, 5.74) is 3.20. The molecule has 1 N–H and O–H groups in total. The normalized spacial score (nSPS) is 14.8. The second-order valence-electron chi connectivity index (χ2n) is 8.73. The summed E-state index contributed by atoms with van der Waals surface area (Å²) >= 11 is 0. The number of hydrogen-bond donors (Lipinski definition) is 1. The van der Waals surface area contributed by atoms with Crippen LogP contribution < -0.4 is 5.32 Å². The molecule has 1 aliphatic carbocycles. The van der Waals surface area contributed by atoms with Crippen LogP contribution in [0.15, 0.2) is 48.5 Å². The first-order valence-corrected chi connectivity index (χ1v) is 11.9. The third-order valence-corrected chi connectivity index (χ3v) is 6.41. The molecule has 2 aromatic carbocycles. The summed E-state index contributed by atoms with van der Waals surface area (Å²) in [6.07, 6.45) is 6.76. The molecule has 0 saturated heterocycles. The maximum atomic E-state index is 13.4. The summed E-state index contributed by atoms with van der Waals surface area (Å²) < 4.78 is 13.4. The number of benzene rings is 2. The van der Waals surface area contributed by atoms with Gasteiger partial charge in [-0.2, -0.15) is 0 Å². The Morgan fingerprint density at radius 2 is 1.56 bits per heavy atom. The minimum absolute atomic E-state index is 0.0534. The predicted molar refractivity (Wildman–Crippen MR) is 126 cm³/mol. The standard InChI is InChI=1S/C27H35FN2O2/c1-3-20-9-11-21(12-10-20)15-18-26(31)30(19-22-13-16-23(28)17-14-22)25(4-2)27(32)29-24-7-5-6-8-24/h9-14,16-17,24-25H,3-8,15,18-19H2,1-2H3,(H,29,32)/t25-/m1/s1. The molecule has 0 bridgehead atoms. The molecule has 4 nitrogen and oxygen atoms in total. The lowest BCUT2D eigenvalue weighted by Gasteiger charge is -2.31. The van der Waals surface area contributed by atoms with Gasteiger partial charge in [-0.05, 0) is 60.9 Å². The van der Waals surface area contributed by atoms with Crippen LogP contribution in [0.3, 0.4) is 0 Å². The average molecular weight is 439 g/mol. The van der Waals surface area contributed by atoms with Crippen molar-refractivity contribution in [2.24, 2.45) is 0 Å². The van der Waals surface area contributed by atoms with Crippen molar-refractivity contribution in [3.63, 3.8) is 0 Å². The van der Waals surface area contributed by atoms with E-state index in [1.807, 2.05) is 6.92 Å². The molecule has 0 radical (unpaired) electrons. The lowest BCUT2D eigenvalue weighted by molar-refractivity contribution is -0.141. The van der Waals surface area contributed by atoms with Gasteiger partial charge in [0.1, 0.15) is 11.9 Å². The van der Waals surface area contributed by atoms with E-state index in [0.29, 0.717) is 25.8 Å². The molecule has 2 amide bonds. The number of nitrogens with one attached hydrogen (secondary N) is 1. The van der Waals surface area contributed by atoms with Crippen molar-refractivity contribution in [3.8, 4) is 0 Å². The number of hydrogen-bond acceptors (Lipinski definition) is 2. The Bertz CT molecular complexity index is 874. The minimum Gasteiger partial charge on any atom is -0.352 e. The van der Waals surface area contributed by atoms with E-state index in [1.165, 1.54) is 17.7 Å². The zero-order valence-corrected chi connectivity index (χ0v) is 19.3.